The lowest BCUT2D eigenvalue weighted by Gasteiger charge is -2.17. The number of hydrogen-bond acceptors (Lipinski definition) is 4. The van der Waals surface area contributed by atoms with Crippen molar-refractivity contribution in [3.63, 3.8) is 0 Å². The number of carbonyl (C=O) groups excluding carboxylic acids is 2. The highest BCUT2D eigenvalue weighted by Gasteiger charge is 2.22. The minimum atomic E-state index is -0.526. The fourth-order valence-corrected chi connectivity index (χ4v) is 2.70. The Morgan fingerprint density at radius 3 is 2.68 bits per heavy atom. The number of benzene rings is 1. The molecule has 2 aromatic heterocycles. The maximum absolute atomic E-state index is 12.7. The monoisotopic (exact) mass is 380 g/mol. The molecule has 0 atom stereocenters. The number of amides is 2. The molecule has 0 fully saturated rings. The van der Waals surface area contributed by atoms with Crippen LogP contribution >= 0.6 is 0 Å². The lowest BCUT2D eigenvalue weighted by Crippen LogP contribution is -2.27. The van der Waals surface area contributed by atoms with Crippen molar-refractivity contribution in [2.24, 2.45) is 5.41 Å². The van der Waals surface area contributed by atoms with Crippen LogP contribution in [0.25, 0.3) is 11.0 Å². The number of carbonyl (C=O) groups is 2. The Morgan fingerprint density at radius 1 is 1.21 bits per heavy atom. The second kappa shape index (κ2) is 7.72. The Balaban J connectivity index is 1.79. The van der Waals surface area contributed by atoms with Crippen molar-refractivity contribution < 1.29 is 14.3 Å². The number of nitrogens with one attached hydrogen (secondary N) is 3. The van der Waals surface area contributed by atoms with E-state index in [1.807, 2.05) is 45.0 Å². The first-order valence-electron chi connectivity index (χ1n) is 8.98. The zero-order valence-corrected chi connectivity index (χ0v) is 16.4. The topological polar surface area (TPSA) is 96.1 Å². The van der Waals surface area contributed by atoms with Gasteiger partial charge in [-0.05, 0) is 12.1 Å². The summed E-state index contributed by atoms with van der Waals surface area (Å²) in [4.78, 5) is 32.2. The first-order chi connectivity index (χ1) is 13.3. The van der Waals surface area contributed by atoms with Gasteiger partial charge in [-0.15, -0.1) is 0 Å². The minimum absolute atomic E-state index is 0.119. The number of aromatic amines is 1. The second-order valence-electron chi connectivity index (χ2n) is 7.52. The van der Waals surface area contributed by atoms with Crippen LogP contribution in [-0.4, -0.2) is 28.9 Å². The summed E-state index contributed by atoms with van der Waals surface area (Å²) in [5, 5.41) is 6.38. The van der Waals surface area contributed by atoms with Gasteiger partial charge in [-0.1, -0.05) is 39.0 Å². The summed E-state index contributed by atoms with van der Waals surface area (Å²) in [6.07, 6.45) is 3.18. The van der Waals surface area contributed by atoms with Crippen molar-refractivity contribution in [2.75, 3.05) is 12.4 Å². The van der Waals surface area contributed by atoms with Crippen molar-refractivity contribution in [2.45, 2.75) is 27.3 Å². The minimum Gasteiger partial charge on any atom is -0.496 e. The molecule has 0 aliphatic carbocycles. The molecule has 0 aliphatic rings. The van der Waals surface area contributed by atoms with Crippen LogP contribution in [0.2, 0.25) is 0 Å². The Kier molecular flexibility index (Phi) is 5.35. The summed E-state index contributed by atoms with van der Waals surface area (Å²) in [7, 11) is 1.60. The molecule has 146 valence electrons. The van der Waals surface area contributed by atoms with E-state index in [0.29, 0.717) is 28.8 Å². The first-order valence-corrected chi connectivity index (χ1v) is 8.98. The van der Waals surface area contributed by atoms with E-state index in [0.717, 1.165) is 11.3 Å². The molecule has 2 heterocycles. The van der Waals surface area contributed by atoms with Gasteiger partial charge < -0.3 is 20.4 Å². The molecular weight excluding hydrogens is 356 g/mol. The van der Waals surface area contributed by atoms with Crippen molar-refractivity contribution in [1.82, 2.24) is 15.3 Å². The third-order valence-corrected chi connectivity index (χ3v) is 4.35. The second-order valence-corrected chi connectivity index (χ2v) is 7.52. The smallest absolute Gasteiger partial charge is 0.253 e. The van der Waals surface area contributed by atoms with E-state index in [1.165, 1.54) is 0 Å². The highest BCUT2D eigenvalue weighted by molar-refractivity contribution is 6.07. The fraction of sp³-hybridized carbons (Fsp3) is 0.286. The van der Waals surface area contributed by atoms with Crippen LogP contribution in [0.5, 0.6) is 5.75 Å². The van der Waals surface area contributed by atoms with Gasteiger partial charge in [-0.3, -0.25) is 9.59 Å². The van der Waals surface area contributed by atoms with Crippen LogP contribution in [0.1, 0.15) is 36.7 Å². The van der Waals surface area contributed by atoms with Gasteiger partial charge in [0.15, 0.2) is 0 Å². The zero-order chi connectivity index (χ0) is 20.3. The number of fused-ring (bicyclic) bond motifs is 1. The molecule has 0 aliphatic heterocycles. The van der Waals surface area contributed by atoms with E-state index in [1.54, 1.807) is 25.6 Å². The molecule has 3 rings (SSSR count). The highest BCUT2D eigenvalue weighted by atomic mass is 16.5. The Morgan fingerprint density at radius 2 is 1.96 bits per heavy atom. The molecule has 28 heavy (non-hydrogen) atoms. The summed E-state index contributed by atoms with van der Waals surface area (Å²) in [5.41, 5.74) is 1.95. The molecule has 0 bridgehead atoms. The lowest BCUT2D eigenvalue weighted by molar-refractivity contribution is -0.123. The van der Waals surface area contributed by atoms with Crippen molar-refractivity contribution in [3.05, 3.63) is 53.9 Å². The third-order valence-electron chi connectivity index (χ3n) is 4.35. The van der Waals surface area contributed by atoms with Crippen LogP contribution in [0.15, 0.2) is 42.7 Å². The van der Waals surface area contributed by atoms with Gasteiger partial charge in [0.25, 0.3) is 5.91 Å². The third kappa shape index (κ3) is 4.14. The number of rotatable bonds is 5. The Hall–Kier alpha value is -3.35. The number of H-pyrrole nitrogens is 1. The number of aromatic nitrogens is 2. The van der Waals surface area contributed by atoms with Gasteiger partial charge in [-0.25, -0.2) is 4.98 Å². The van der Waals surface area contributed by atoms with E-state index >= 15 is 0 Å². The molecular formula is C21H24N4O3. The predicted molar refractivity (Wildman–Crippen MR) is 108 cm³/mol. The van der Waals surface area contributed by atoms with Gasteiger partial charge in [0, 0.05) is 29.1 Å². The van der Waals surface area contributed by atoms with E-state index in [9.17, 15) is 9.59 Å². The average molecular weight is 380 g/mol. The summed E-state index contributed by atoms with van der Waals surface area (Å²) < 4.78 is 5.31. The fourth-order valence-electron chi connectivity index (χ4n) is 2.70. The van der Waals surface area contributed by atoms with Gasteiger partial charge in [0.05, 0.1) is 24.6 Å². The molecule has 7 nitrogen and oxygen atoms in total. The maximum Gasteiger partial charge on any atom is 0.253 e. The van der Waals surface area contributed by atoms with Gasteiger partial charge in [0.2, 0.25) is 5.91 Å². The molecule has 2 amide bonds. The van der Waals surface area contributed by atoms with Crippen LogP contribution < -0.4 is 15.4 Å². The molecule has 0 unspecified atom stereocenters. The number of ether oxygens (including phenoxy) is 1. The molecule has 0 saturated heterocycles. The molecule has 1 aromatic carbocycles. The standard InChI is InChI=1S/C21H24N4O3/c1-21(2,3)20(27)25-14-9-15-16(12-23-18(15)22-11-14)19(26)24-10-13-7-5-6-8-17(13)28-4/h5-9,11-12H,10H2,1-4H3,(H,22,23)(H,24,26)(H,25,27). The summed E-state index contributed by atoms with van der Waals surface area (Å²) in [5.74, 6) is 0.361. The van der Waals surface area contributed by atoms with Gasteiger partial charge in [-0.2, -0.15) is 0 Å². The van der Waals surface area contributed by atoms with E-state index < -0.39 is 5.41 Å². The highest BCUT2D eigenvalue weighted by Crippen LogP contribution is 2.23. The molecule has 3 aromatic rings. The van der Waals surface area contributed by atoms with E-state index in [2.05, 4.69) is 20.6 Å². The lowest BCUT2D eigenvalue weighted by atomic mass is 9.95. The molecule has 0 radical (unpaired) electrons. The van der Waals surface area contributed by atoms with Crippen molar-refractivity contribution >= 4 is 28.5 Å². The quantitative estimate of drug-likeness (QED) is 0.631. The van der Waals surface area contributed by atoms with Gasteiger partial charge >= 0.3 is 0 Å². The number of hydrogen-bond donors (Lipinski definition) is 3. The SMILES string of the molecule is COc1ccccc1CNC(=O)c1c[nH]c2ncc(NC(=O)C(C)(C)C)cc12. The number of anilines is 1. The largest absolute Gasteiger partial charge is 0.496 e. The number of methoxy groups -OCH3 is 1. The zero-order valence-electron chi connectivity index (χ0n) is 16.4. The average Bonchev–Trinajstić information content (AvgIpc) is 3.09. The van der Waals surface area contributed by atoms with Crippen LogP contribution in [0, 0.1) is 5.41 Å². The predicted octanol–water partition coefficient (Wildman–Crippen LogP) is 3.49. The molecule has 3 N–H and O–H groups in total. The van der Waals surface area contributed by atoms with Gasteiger partial charge in [0.1, 0.15) is 11.4 Å². The molecule has 0 saturated carbocycles. The van der Waals surface area contributed by atoms with Crippen LogP contribution in [0.3, 0.4) is 0 Å². The number of para-hydroxylation sites is 1. The Labute approximate surface area is 163 Å². The van der Waals surface area contributed by atoms with Crippen molar-refractivity contribution in [3.8, 4) is 5.75 Å². The van der Waals surface area contributed by atoms with Crippen LogP contribution in [-0.2, 0) is 11.3 Å². The van der Waals surface area contributed by atoms with Crippen molar-refractivity contribution in [1.29, 1.82) is 0 Å². The summed E-state index contributed by atoms with van der Waals surface area (Å²) in [6.45, 7) is 5.84. The molecule has 0 spiro atoms. The summed E-state index contributed by atoms with van der Waals surface area (Å²) >= 11 is 0. The summed E-state index contributed by atoms with van der Waals surface area (Å²) in [6, 6.07) is 9.27. The Bertz CT molecular complexity index is 1020. The number of nitrogens with zero attached hydrogens (tertiary/aromatic N) is 1. The number of pyridine rings is 1. The normalized spacial score (nSPS) is 11.3. The van der Waals surface area contributed by atoms with E-state index in [-0.39, 0.29) is 11.8 Å². The maximum atomic E-state index is 12.7. The first kappa shape index (κ1) is 19.4. The van der Waals surface area contributed by atoms with E-state index in [4.69, 9.17) is 4.74 Å². The van der Waals surface area contributed by atoms with Crippen LogP contribution in [0.4, 0.5) is 5.69 Å². The molecule has 7 heteroatoms.